The predicted octanol–water partition coefficient (Wildman–Crippen LogP) is 1.14. The van der Waals surface area contributed by atoms with Crippen LogP contribution in [0.4, 0.5) is 0 Å². The van der Waals surface area contributed by atoms with Gasteiger partial charge in [-0.1, -0.05) is 0 Å². The Labute approximate surface area is 128 Å². The van der Waals surface area contributed by atoms with Crippen molar-refractivity contribution in [2.24, 2.45) is 0 Å². The van der Waals surface area contributed by atoms with E-state index >= 15 is 0 Å². The predicted molar refractivity (Wildman–Crippen MR) is 78.7 cm³/mol. The van der Waals surface area contributed by atoms with Crippen molar-refractivity contribution in [3.63, 3.8) is 0 Å². The SMILES string of the molecule is COc1ccc(OCC(=O)N2CCC(n3nccn3)C2)cc1. The summed E-state index contributed by atoms with van der Waals surface area (Å²) in [6.45, 7) is 1.36. The van der Waals surface area contributed by atoms with E-state index < -0.39 is 0 Å². The van der Waals surface area contributed by atoms with Gasteiger partial charge >= 0.3 is 0 Å². The van der Waals surface area contributed by atoms with Crippen molar-refractivity contribution in [3.8, 4) is 11.5 Å². The van der Waals surface area contributed by atoms with Crippen LogP contribution in [-0.4, -0.2) is 52.6 Å². The molecule has 1 aromatic carbocycles. The molecule has 0 saturated carbocycles. The highest BCUT2D eigenvalue weighted by molar-refractivity contribution is 5.78. The van der Waals surface area contributed by atoms with E-state index in [4.69, 9.17) is 9.47 Å². The number of methoxy groups -OCH3 is 1. The summed E-state index contributed by atoms with van der Waals surface area (Å²) in [5.74, 6) is 1.39. The highest BCUT2D eigenvalue weighted by Crippen LogP contribution is 2.20. The number of hydrogen-bond acceptors (Lipinski definition) is 5. The Morgan fingerprint density at radius 2 is 1.91 bits per heavy atom. The number of benzene rings is 1. The van der Waals surface area contributed by atoms with Crippen LogP contribution in [0, 0.1) is 0 Å². The molecule has 1 fully saturated rings. The third-order valence-corrected chi connectivity index (χ3v) is 3.70. The Balaban J connectivity index is 1.50. The van der Waals surface area contributed by atoms with Gasteiger partial charge in [0.1, 0.15) is 11.5 Å². The average Bonchev–Trinajstić information content (AvgIpc) is 3.23. The minimum Gasteiger partial charge on any atom is -0.497 e. The van der Waals surface area contributed by atoms with Crippen LogP contribution in [-0.2, 0) is 4.79 Å². The molecule has 0 aliphatic carbocycles. The van der Waals surface area contributed by atoms with Gasteiger partial charge in [0.2, 0.25) is 0 Å². The second-order valence-corrected chi connectivity index (χ2v) is 5.10. The number of carbonyl (C=O) groups excluding carboxylic acids is 1. The average molecular weight is 302 g/mol. The Morgan fingerprint density at radius 3 is 2.59 bits per heavy atom. The van der Waals surface area contributed by atoms with E-state index in [1.54, 1.807) is 53.5 Å². The lowest BCUT2D eigenvalue weighted by molar-refractivity contribution is -0.132. The lowest BCUT2D eigenvalue weighted by atomic mass is 10.3. The molecule has 1 aliphatic heterocycles. The van der Waals surface area contributed by atoms with Crippen molar-refractivity contribution < 1.29 is 14.3 Å². The number of rotatable bonds is 5. The van der Waals surface area contributed by atoms with E-state index in [1.165, 1.54) is 0 Å². The summed E-state index contributed by atoms with van der Waals surface area (Å²) in [5, 5.41) is 8.25. The zero-order valence-corrected chi connectivity index (χ0v) is 12.4. The maximum atomic E-state index is 12.2. The van der Waals surface area contributed by atoms with Crippen molar-refractivity contribution in [1.82, 2.24) is 19.9 Å². The molecule has 0 radical (unpaired) electrons. The molecule has 2 aromatic rings. The summed E-state index contributed by atoms with van der Waals surface area (Å²) in [5.41, 5.74) is 0. The number of carbonyl (C=O) groups is 1. The summed E-state index contributed by atoms with van der Waals surface area (Å²) in [6.07, 6.45) is 4.16. The van der Waals surface area contributed by atoms with Gasteiger partial charge in [0.15, 0.2) is 6.61 Å². The number of ether oxygens (including phenoxy) is 2. The van der Waals surface area contributed by atoms with Gasteiger partial charge in [-0.05, 0) is 30.7 Å². The fraction of sp³-hybridized carbons (Fsp3) is 0.400. The molecule has 2 heterocycles. The molecule has 0 bridgehead atoms. The van der Waals surface area contributed by atoms with Gasteiger partial charge in [0.05, 0.1) is 25.5 Å². The van der Waals surface area contributed by atoms with Gasteiger partial charge in [0, 0.05) is 13.1 Å². The van der Waals surface area contributed by atoms with Crippen LogP contribution in [0.1, 0.15) is 12.5 Å². The maximum absolute atomic E-state index is 12.2. The summed E-state index contributed by atoms with van der Waals surface area (Å²) in [6, 6.07) is 7.32. The first-order valence-electron chi connectivity index (χ1n) is 7.16. The largest absolute Gasteiger partial charge is 0.497 e. The normalized spacial score (nSPS) is 17.5. The number of hydrogen-bond donors (Lipinski definition) is 0. The smallest absolute Gasteiger partial charge is 0.260 e. The third kappa shape index (κ3) is 3.19. The van der Waals surface area contributed by atoms with Gasteiger partial charge < -0.3 is 14.4 Å². The van der Waals surface area contributed by atoms with Gasteiger partial charge in [0.25, 0.3) is 5.91 Å². The minimum atomic E-state index is -0.0227. The van der Waals surface area contributed by atoms with Gasteiger partial charge in [-0.3, -0.25) is 4.79 Å². The van der Waals surface area contributed by atoms with Crippen LogP contribution >= 0.6 is 0 Å². The van der Waals surface area contributed by atoms with E-state index in [0.29, 0.717) is 18.8 Å². The van der Waals surface area contributed by atoms with Crippen molar-refractivity contribution in [1.29, 1.82) is 0 Å². The van der Waals surface area contributed by atoms with Crippen LogP contribution < -0.4 is 9.47 Å². The fourth-order valence-electron chi connectivity index (χ4n) is 2.48. The molecule has 7 heteroatoms. The Kier molecular flexibility index (Phi) is 4.22. The van der Waals surface area contributed by atoms with Crippen LogP contribution in [0.3, 0.4) is 0 Å². The first kappa shape index (κ1) is 14.4. The molecule has 3 rings (SSSR count). The topological polar surface area (TPSA) is 69.5 Å². The molecule has 0 spiro atoms. The molecule has 22 heavy (non-hydrogen) atoms. The second kappa shape index (κ2) is 6.46. The number of aromatic nitrogens is 3. The number of amides is 1. The standard InChI is InChI=1S/C15H18N4O3/c1-21-13-2-4-14(5-3-13)22-11-15(20)18-9-6-12(10-18)19-16-7-8-17-19/h2-5,7-8,12H,6,9-11H2,1H3. The van der Waals surface area contributed by atoms with Crippen LogP contribution in [0.25, 0.3) is 0 Å². The van der Waals surface area contributed by atoms with E-state index in [9.17, 15) is 4.79 Å². The minimum absolute atomic E-state index is 0.0227. The van der Waals surface area contributed by atoms with Crippen LogP contribution in [0.2, 0.25) is 0 Å². The zero-order valence-electron chi connectivity index (χ0n) is 12.4. The molecule has 116 valence electrons. The molecule has 1 amide bonds. The van der Waals surface area contributed by atoms with E-state index in [-0.39, 0.29) is 18.6 Å². The van der Waals surface area contributed by atoms with Crippen molar-refractivity contribution in [3.05, 3.63) is 36.7 Å². The second-order valence-electron chi connectivity index (χ2n) is 5.10. The summed E-state index contributed by atoms with van der Waals surface area (Å²) < 4.78 is 10.6. The van der Waals surface area contributed by atoms with E-state index in [0.717, 1.165) is 12.2 Å². The van der Waals surface area contributed by atoms with Crippen molar-refractivity contribution in [2.75, 3.05) is 26.8 Å². The first-order chi connectivity index (χ1) is 10.8. The molecule has 1 aliphatic rings. The third-order valence-electron chi connectivity index (χ3n) is 3.70. The van der Waals surface area contributed by atoms with Gasteiger partial charge in [-0.15, -0.1) is 0 Å². The van der Waals surface area contributed by atoms with E-state index in [2.05, 4.69) is 10.2 Å². The summed E-state index contributed by atoms with van der Waals surface area (Å²) in [7, 11) is 1.61. The first-order valence-corrected chi connectivity index (χ1v) is 7.16. The van der Waals surface area contributed by atoms with Crippen LogP contribution in [0.5, 0.6) is 11.5 Å². The summed E-state index contributed by atoms with van der Waals surface area (Å²) in [4.78, 5) is 15.6. The highest BCUT2D eigenvalue weighted by atomic mass is 16.5. The Bertz CT molecular complexity index is 612. The Morgan fingerprint density at radius 1 is 1.23 bits per heavy atom. The van der Waals surface area contributed by atoms with E-state index in [1.807, 2.05) is 0 Å². The van der Waals surface area contributed by atoms with Crippen LogP contribution in [0.15, 0.2) is 36.7 Å². The molecule has 0 N–H and O–H groups in total. The number of likely N-dealkylation sites (tertiary alicyclic amines) is 1. The molecule has 1 saturated heterocycles. The fourth-order valence-corrected chi connectivity index (χ4v) is 2.48. The molecule has 1 aromatic heterocycles. The lowest BCUT2D eigenvalue weighted by Crippen LogP contribution is -2.33. The van der Waals surface area contributed by atoms with Gasteiger partial charge in [-0.2, -0.15) is 15.0 Å². The molecule has 1 atom stereocenters. The molecule has 7 nitrogen and oxygen atoms in total. The zero-order chi connectivity index (χ0) is 15.4. The monoisotopic (exact) mass is 302 g/mol. The molecular formula is C15H18N4O3. The molecule has 1 unspecified atom stereocenters. The quantitative estimate of drug-likeness (QED) is 0.828. The highest BCUT2D eigenvalue weighted by Gasteiger charge is 2.28. The maximum Gasteiger partial charge on any atom is 0.260 e. The Hall–Kier alpha value is -2.57. The van der Waals surface area contributed by atoms with Crippen molar-refractivity contribution in [2.45, 2.75) is 12.5 Å². The van der Waals surface area contributed by atoms with Gasteiger partial charge in [-0.25, -0.2) is 0 Å². The molecular weight excluding hydrogens is 284 g/mol. The lowest BCUT2D eigenvalue weighted by Gasteiger charge is -2.16. The number of nitrogens with zero attached hydrogens (tertiary/aromatic N) is 4. The van der Waals surface area contributed by atoms with Crippen molar-refractivity contribution >= 4 is 5.91 Å². The summed E-state index contributed by atoms with van der Waals surface area (Å²) >= 11 is 0.